The van der Waals surface area contributed by atoms with Crippen molar-refractivity contribution in [3.05, 3.63) is 35.4 Å². The highest BCUT2D eigenvalue weighted by Crippen LogP contribution is 2.38. The van der Waals surface area contributed by atoms with Crippen LogP contribution in [0.5, 0.6) is 0 Å². The van der Waals surface area contributed by atoms with Gasteiger partial charge < -0.3 is 15.2 Å². The molecule has 0 spiro atoms. The first-order valence-corrected chi connectivity index (χ1v) is 6.78. The van der Waals surface area contributed by atoms with Gasteiger partial charge in [-0.25, -0.2) is 0 Å². The molecule has 108 valence electrons. The second kappa shape index (κ2) is 6.52. The maximum atomic E-state index is 11.7. The van der Waals surface area contributed by atoms with Crippen LogP contribution < -0.4 is 5.32 Å². The Morgan fingerprint density at radius 1 is 1.25 bits per heavy atom. The van der Waals surface area contributed by atoms with E-state index in [9.17, 15) is 9.59 Å². The Labute approximate surface area is 117 Å². The van der Waals surface area contributed by atoms with Gasteiger partial charge in [-0.2, -0.15) is 0 Å². The zero-order valence-electron chi connectivity index (χ0n) is 11.5. The number of carbonyl (C=O) groups excluding carboxylic acids is 1. The maximum Gasteiger partial charge on any atom is 0.307 e. The summed E-state index contributed by atoms with van der Waals surface area (Å²) in [6.07, 6.45) is 0.453. The van der Waals surface area contributed by atoms with E-state index in [1.54, 1.807) is 0 Å². The number of amides is 1. The molecule has 0 aliphatic heterocycles. The van der Waals surface area contributed by atoms with Crippen LogP contribution in [-0.2, 0) is 27.5 Å². The van der Waals surface area contributed by atoms with E-state index in [4.69, 9.17) is 9.84 Å². The van der Waals surface area contributed by atoms with Crippen LogP contribution in [0.25, 0.3) is 0 Å². The standard InChI is InChI=1S/C15H19NO4/c1-2-20-9-11-5-3-10(4-6-11)8-16-14(17)12-7-13(12)15(18)19/h3-6,12-13H,2,7-9H2,1H3,(H,16,17)(H,18,19)/t12-,13-/m0/s1. The predicted molar refractivity (Wildman–Crippen MR) is 72.9 cm³/mol. The summed E-state index contributed by atoms with van der Waals surface area (Å²) in [6, 6.07) is 7.81. The van der Waals surface area contributed by atoms with Gasteiger partial charge in [0.15, 0.2) is 0 Å². The lowest BCUT2D eigenvalue weighted by Gasteiger charge is -2.06. The summed E-state index contributed by atoms with van der Waals surface area (Å²) in [5.41, 5.74) is 2.08. The molecule has 2 rings (SSSR count). The molecule has 1 aromatic rings. The molecule has 5 nitrogen and oxygen atoms in total. The fraction of sp³-hybridized carbons (Fsp3) is 0.467. The topological polar surface area (TPSA) is 75.6 Å². The number of carboxylic acid groups (broad SMARTS) is 1. The van der Waals surface area contributed by atoms with Crippen molar-refractivity contribution in [2.45, 2.75) is 26.5 Å². The Balaban J connectivity index is 1.77. The van der Waals surface area contributed by atoms with Crippen molar-refractivity contribution in [1.29, 1.82) is 0 Å². The third-order valence-corrected chi connectivity index (χ3v) is 3.41. The third kappa shape index (κ3) is 3.81. The quantitative estimate of drug-likeness (QED) is 0.793. The van der Waals surface area contributed by atoms with E-state index in [1.165, 1.54) is 0 Å². The molecule has 2 atom stereocenters. The monoisotopic (exact) mass is 277 g/mol. The number of hydrogen-bond acceptors (Lipinski definition) is 3. The fourth-order valence-electron chi connectivity index (χ4n) is 2.05. The predicted octanol–water partition coefficient (Wildman–Crippen LogP) is 1.56. The number of carbonyl (C=O) groups is 2. The van der Waals surface area contributed by atoms with E-state index in [0.717, 1.165) is 11.1 Å². The molecule has 1 aliphatic rings. The van der Waals surface area contributed by atoms with Gasteiger partial charge in [0.05, 0.1) is 18.4 Å². The summed E-state index contributed by atoms with van der Waals surface area (Å²) in [7, 11) is 0. The summed E-state index contributed by atoms with van der Waals surface area (Å²) in [5, 5.41) is 11.5. The van der Waals surface area contributed by atoms with Gasteiger partial charge in [-0.05, 0) is 24.5 Å². The smallest absolute Gasteiger partial charge is 0.307 e. The van der Waals surface area contributed by atoms with E-state index in [2.05, 4.69) is 5.32 Å². The normalized spacial score (nSPS) is 20.4. The van der Waals surface area contributed by atoms with Gasteiger partial charge in [-0.3, -0.25) is 9.59 Å². The number of benzene rings is 1. The van der Waals surface area contributed by atoms with Crippen molar-refractivity contribution in [3.63, 3.8) is 0 Å². The summed E-state index contributed by atoms with van der Waals surface area (Å²) >= 11 is 0. The summed E-state index contributed by atoms with van der Waals surface area (Å²) in [4.78, 5) is 22.4. The number of rotatable bonds is 7. The van der Waals surface area contributed by atoms with E-state index < -0.39 is 11.9 Å². The van der Waals surface area contributed by atoms with Gasteiger partial charge in [-0.1, -0.05) is 24.3 Å². The SMILES string of the molecule is CCOCc1ccc(CNC(=O)[C@H]2C[C@@H]2C(=O)O)cc1. The molecule has 1 fully saturated rings. The molecule has 0 radical (unpaired) electrons. The molecule has 0 bridgehead atoms. The highest BCUT2D eigenvalue weighted by molar-refractivity contribution is 5.89. The first kappa shape index (κ1) is 14.5. The molecular weight excluding hydrogens is 258 g/mol. The van der Waals surface area contributed by atoms with Gasteiger partial charge in [0.25, 0.3) is 0 Å². The Bertz CT molecular complexity index is 483. The van der Waals surface area contributed by atoms with Crippen LogP contribution in [0.3, 0.4) is 0 Å². The molecule has 1 aromatic carbocycles. The van der Waals surface area contributed by atoms with Crippen LogP contribution >= 0.6 is 0 Å². The van der Waals surface area contributed by atoms with Crippen LogP contribution in [0.1, 0.15) is 24.5 Å². The molecular formula is C15H19NO4. The average Bonchev–Trinajstić information content (AvgIpc) is 3.24. The maximum absolute atomic E-state index is 11.7. The Morgan fingerprint density at radius 2 is 1.90 bits per heavy atom. The Morgan fingerprint density at radius 3 is 2.45 bits per heavy atom. The Kier molecular flexibility index (Phi) is 4.74. The molecule has 0 heterocycles. The summed E-state index contributed by atoms with van der Waals surface area (Å²) in [6.45, 7) is 3.65. The lowest BCUT2D eigenvalue weighted by molar-refractivity contribution is -0.140. The molecule has 20 heavy (non-hydrogen) atoms. The summed E-state index contributed by atoms with van der Waals surface area (Å²) in [5.74, 6) is -1.91. The van der Waals surface area contributed by atoms with Crippen LogP contribution in [0.4, 0.5) is 0 Å². The third-order valence-electron chi connectivity index (χ3n) is 3.41. The van der Waals surface area contributed by atoms with Crippen LogP contribution in [0.2, 0.25) is 0 Å². The highest BCUT2D eigenvalue weighted by Gasteiger charge is 2.48. The van der Waals surface area contributed by atoms with Gasteiger partial charge in [0.2, 0.25) is 5.91 Å². The number of hydrogen-bond donors (Lipinski definition) is 2. The van der Waals surface area contributed by atoms with Crippen molar-refractivity contribution < 1.29 is 19.4 Å². The van der Waals surface area contributed by atoms with E-state index in [0.29, 0.717) is 26.2 Å². The van der Waals surface area contributed by atoms with Crippen LogP contribution in [0, 0.1) is 11.8 Å². The van der Waals surface area contributed by atoms with Crippen molar-refractivity contribution in [3.8, 4) is 0 Å². The first-order valence-electron chi connectivity index (χ1n) is 6.78. The lowest BCUT2D eigenvalue weighted by Crippen LogP contribution is -2.25. The fourth-order valence-corrected chi connectivity index (χ4v) is 2.05. The molecule has 5 heteroatoms. The average molecular weight is 277 g/mol. The lowest BCUT2D eigenvalue weighted by atomic mass is 10.1. The second-order valence-corrected chi connectivity index (χ2v) is 4.96. The minimum atomic E-state index is -0.884. The molecule has 0 saturated heterocycles. The van der Waals surface area contributed by atoms with Gasteiger partial charge >= 0.3 is 5.97 Å². The zero-order chi connectivity index (χ0) is 14.5. The second-order valence-electron chi connectivity index (χ2n) is 4.96. The van der Waals surface area contributed by atoms with Gasteiger partial charge in [0.1, 0.15) is 0 Å². The van der Waals surface area contributed by atoms with Crippen LogP contribution in [0.15, 0.2) is 24.3 Å². The number of ether oxygens (including phenoxy) is 1. The van der Waals surface area contributed by atoms with Crippen molar-refractivity contribution in [1.82, 2.24) is 5.32 Å². The largest absolute Gasteiger partial charge is 0.481 e. The number of aliphatic carboxylic acids is 1. The minimum Gasteiger partial charge on any atom is -0.481 e. The number of nitrogens with one attached hydrogen (secondary N) is 1. The van der Waals surface area contributed by atoms with Crippen molar-refractivity contribution >= 4 is 11.9 Å². The molecule has 1 aliphatic carbocycles. The summed E-state index contributed by atoms with van der Waals surface area (Å²) < 4.78 is 5.31. The van der Waals surface area contributed by atoms with E-state index in [-0.39, 0.29) is 11.8 Å². The number of carboxylic acids is 1. The van der Waals surface area contributed by atoms with Crippen molar-refractivity contribution in [2.24, 2.45) is 11.8 Å². The molecule has 0 unspecified atom stereocenters. The molecule has 0 aromatic heterocycles. The van der Waals surface area contributed by atoms with Crippen molar-refractivity contribution in [2.75, 3.05) is 6.61 Å². The minimum absolute atomic E-state index is 0.171. The molecule has 1 saturated carbocycles. The first-order chi connectivity index (χ1) is 9.61. The van der Waals surface area contributed by atoms with E-state index in [1.807, 2.05) is 31.2 Å². The zero-order valence-corrected chi connectivity index (χ0v) is 11.5. The Hall–Kier alpha value is -1.88. The molecule has 2 N–H and O–H groups in total. The van der Waals surface area contributed by atoms with Gasteiger partial charge in [-0.15, -0.1) is 0 Å². The van der Waals surface area contributed by atoms with Gasteiger partial charge in [0, 0.05) is 13.2 Å². The molecule has 1 amide bonds. The van der Waals surface area contributed by atoms with Crippen LogP contribution in [-0.4, -0.2) is 23.6 Å². The van der Waals surface area contributed by atoms with E-state index >= 15 is 0 Å². The highest BCUT2D eigenvalue weighted by atomic mass is 16.5.